The molecular weight excluding hydrogens is 332 g/mol. The highest BCUT2D eigenvalue weighted by Crippen LogP contribution is 2.34. The third-order valence-electron chi connectivity index (χ3n) is 4.77. The van der Waals surface area contributed by atoms with E-state index in [9.17, 15) is 4.79 Å². The minimum atomic E-state index is -0.475. The minimum Gasteiger partial charge on any atom is -0.444 e. The summed E-state index contributed by atoms with van der Waals surface area (Å²) in [5.74, 6) is 0.805. The second-order valence-electron chi connectivity index (χ2n) is 8.48. The fraction of sp³-hybridized carbons (Fsp3) is 0.895. The van der Waals surface area contributed by atoms with Crippen LogP contribution in [0.3, 0.4) is 0 Å². The average molecular weight is 369 g/mol. The lowest BCUT2D eigenvalue weighted by Crippen LogP contribution is -2.48. The fourth-order valence-electron chi connectivity index (χ4n) is 3.50. The van der Waals surface area contributed by atoms with Gasteiger partial charge in [0.05, 0.1) is 18.2 Å². The standard InChI is InChI=1S/C19H36N4O3/c1-13(2)23(18(24)26-19(3,4)5)11-7-10-21-17(20-6)22-15-12-14-8-9-16(15)25-14/h13-16H,7-12H2,1-6H3,(H2,20,21,22). The molecule has 0 aromatic rings. The molecule has 7 heteroatoms. The maximum atomic E-state index is 12.3. The van der Waals surface area contributed by atoms with E-state index in [1.54, 1.807) is 11.9 Å². The van der Waals surface area contributed by atoms with E-state index < -0.39 is 5.60 Å². The summed E-state index contributed by atoms with van der Waals surface area (Å²) in [4.78, 5) is 18.4. The number of fused-ring (bicyclic) bond motifs is 2. The summed E-state index contributed by atoms with van der Waals surface area (Å²) in [6.07, 6.45) is 4.69. The van der Waals surface area contributed by atoms with Gasteiger partial charge in [0.2, 0.25) is 0 Å². The molecule has 2 bridgehead atoms. The Balaban J connectivity index is 1.72. The van der Waals surface area contributed by atoms with Crippen LogP contribution in [0.5, 0.6) is 0 Å². The van der Waals surface area contributed by atoms with E-state index in [1.807, 2.05) is 34.6 Å². The molecule has 3 unspecified atom stereocenters. The highest BCUT2D eigenvalue weighted by Gasteiger charge is 2.41. The number of amides is 1. The van der Waals surface area contributed by atoms with Crippen molar-refractivity contribution in [1.82, 2.24) is 15.5 Å². The zero-order valence-corrected chi connectivity index (χ0v) is 17.2. The van der Waals surface area contributed by atoms with Crippen LogP contribution in [0.4, 0.5) is 4.79 Å². The molecule has 2 rings (SSSR count). The predicted molar refractivity (Wildman–Crippen MR) is 103 cm³/mol. The van der Waals surface area contributed by atoms with Crippen LogP contribution < -0.4 is 10.6 Å². The number of carbonyl (C=O) groups is 1. The minimum absolute atomic E-state index is 0.105. The van der Waals surface area contributed by atoms with Gasteiger partial charge in [0.15, 0.2) is 5.96 Å². The molecule has 2 heterocycles. The van der Waals surface area contributed by atoms with Gasteiger partial charge in [-0.15, -0.1) is 0 Å². The molecule has 2 saturated heterocycles. The lowest BCUT2D eigenvalue weighted by molar-refractivity contribution is 0.0190. The molecule has 0 aromatic carbocycles. The molecule has 7 nitrogen and oxygen atoms in total. The van der Waals surface area contributed by atoms with E-state index in [1.165, 1.54) is 6.42 Å². The molecule has 2 aliphatic rings. The van der Waals surface area contributed by atoms with Crippen molar-refractivity contribution >= 4 is 12.1 Å². The van der Waals surface area contributed by atoms with Crippen LogP contribution in [-0.2, 0) is 9.47 Å². The van der Waals surface area contributed by atoms with Crippen molar-refractivity contribution in [1.29, 1.82) is 0 Å². The van der Waals surface area contributed by atoms with Gasteiger partial charge in [-0.3, -0.25) is 4.99 Å². The summed E-state index contributed by atoms with van der Waals surface area (Å²) in [5.41, 5.74) is -0.475. The first kappa shape index (κ1) is 20.8. The summed E-state index contributed by atoms with van der Waals surface area (Å²) in [7, 11) is 1.78. The molecular formula is C19H36N4O3. The normalized spacial score (nSPS) is 25.5. The predicted octanol–water partition coefficient (Wildman–Crippen LogP) is 2.51. The molecule has 3 atom stereocenters. The SMILES string of the molecule is CN=C(NCCCN(C(=O)OC(C)(C)C)C(C)C)NC1CC2CCC1O2. The van der Waals surface area contributed by atoms with Gasteiger partial charge in [-0.2, -0.15) is 0 Å². The van der Waals surface area contributed by atoms with Gasteiger partial charge in [0.1, 0.15) is 5.60 Å². The lowest BCUT2D eigenvalue weighted by atomic mass is 9.96. The Morgan fingerprint density at radius 3 is 2.58 bits per heavy atom. The number of hydrogen-bond acceptors (Lipinski definition) is 4. The Hall–Kier alpha value is -1.50. The first-order valence-corrected chi connectivity index (χ1v) is 9.82. The number of rotatable bonds is 6. The van der Waals surface area contributed by atoms with E-state index >= 15 is 0 Å². The molecule has 2 N–H and O–H groups in total. The number of nitrogens with zero attached hydrogens (tertiary/aromatic N) is 2. The van der Waals surface area contributed by atoms with Crippen LogP contribution in [-0.4, -0.2) is 67.0 Å². The van der Waals surface area contributed by atoms with Gasteiger partial charge in [-0.05, 0) is 60.3 Å². The molecule has 0 spiro atoms. The van der Waals surface area contributed by atoms with Crippen LogP contribution in [0.15, 0.2) is 4.99 Å². The van der Waals surface area contributed by atoms with Gasteiger partial charge in [-0.25, -0.2) is 4.79 Å². The number of guanidine groups is 1. The molecule has 0 saturated carbocycles. The van der Waals surface area contributed by atoms with E-state index in [-0.39, 0.29) is 12.1 Å². The highest BCUT2D eigenvalue weighted by atomic mass is 16.6. The molecule has 0 aromatic heterocycles. The van der Waals surface area contributed by atoms with E-state index in [2.05, 4.69) is 15.6 Å². The lowest BCUT2D eigenvalue weighted by Gasteiger charge is -2.30. The highest BCUT2D eigenvalue weighted by molar-refractivity contribution is 5.80. The van der Waals surface area contributed by atoms with Crippen molar-refractivity contribution in [2.45, 2.75) is 90.2 Å². The third-order valence-corrected chi connectivity index (χ3v) is 4.77. The topological polar surface area (TPSA) is 75.2 Å². The van der Waals surface area contributed by atoms with Crippen molar-refractivity contribution in [3.8, 4) is 0 Å². The van der Waals surface area contributed by atoms with Gasteiger partial charge in [0, 0.05) is 26.2 Å². The van der Waals surface area contributed by atoms with Gasteiger partial charge < -0.3 is 25.0 Å². The summed E-state index contributed by atoms with van der Waals surface area (Å²) in [6.45, 7) is 11.1. The summed E-state index contributed by atoms with van der Waals surface area (Å²) < 4.78 is 11.4. The Kier molecular flexibility index (Phi) is 7.15. The van der Waals surface area contributed by atoms with Crippen molar-refractivity contribution in [3.63, 3.8) is 0 Å². The Morgan fingerprint density at radius 2 is 2.08 bits per heavy atom. The summed E-state index contributed by atoms with van der Waals surface area (Å²) in [5, 5.41) is 6.81. The number of nitrogens with one attached hydrogen (secondary N) is 2. The van der Waals surface area contributed by atoms with Crippen LogP contribution >= 0.6 is 0 Å². The van der Waals surface area contributed by atoms with Gasteiger partial charge >= 0.3 is 6.09 Å². The maximum absolute atomic E-state index is 12.3. The second kappa shape index (κ2) is 8.93. The maximum Gasteiger partial charge on any atom is 0.410 e. The third kappa shape index (κ3) is 6.04. The van der Waals surface area contributed by atoms with E-state index in [0.29, 0.717) is 24.8 Å². The Labute approximate surface area is 157 Å². The van der Waals surface area contributed by atoms with Gasteiger partial charge in [0.25, 0.3) is 0 Å². The number of aliphatic imine (C=N–C) groups is 1. The van der Waals surface area contributed by atoms with Crippen LogP contribution in [0.1, 0.15) is 60.3 Å². The molecule has 1 amide bonds. The van der Waals surface area contributed by atoms with Crippen molar-refractivity contribution < 1.29 is 14.3 Å². The molecule has 0 aliphatic carbocycles. The Bertz CT molecular complexity index is 502. The molecule has 2 fully saturated rings. The molecule has 26 heavy (non-hydrogen) atoms. The smallest absolute Gasteiger partial charge is 0.410 e. The molecule has 0 radical (unpaired) electrons. The first-order chi connectivity index (χ1) is 12.2. The first-order valence-electron chi connectivity index (χ1n) is 9.82. The van der Waals surface area contributed by atoms with Crippen LogP contribution in [0.2, 0.25) is 0 Å². The number of carbonyl (C=O) groups excluding carboxylic acids is 1. The van der Waals surface area contributed by atoms with Crippen LogP contribution in [0.25, 0.3) is 0 Å². The monoisotopic (exact) mass is 368 g/mol. The zero-order chi connectivity index (χ0) is 19.3. The summed E-state index contributed by atoms with van der Waals surface area (Å²) in [6, 6.07) is 0.461. The molecule has 2 aliphatic heterocycles. The molecule has 150 valence electrons. The number of hydrogen-bond donors (Lipinski definition) is 2. The quantitative estimate of drug-likeness (QED) is 0.428. The van der Waals surface area contributed by atoms with Crippen molar-refractivity contribution in [3.05, 3.63) is 0 Å². The van der Waals surface area contributed by atoms with E-state index in [0.717, 1.165) is 31.8 Å². The zero-order valence-electron chi connectivity index (χ0n) is 17.2. The fourth-order valence-corrected chi connectivity index (χ4v) is 3.50. The van der Waals surface area contributed by atoms with Crippen molar-refractivity contribution in [2.75, 3.05) is 20.1 Å². The van der Waals surface area contributed by atoms with Gasteiger partial charge in [-0.1, -0.05) is 0 Å². The van der Waals surface area contributed by atoms with E-state index in [4.69, 9.17) is 9.47 Å². The summed E-state index contributed by atoms with van der Waals surface area (Å²) >= 11 is 0. The Morgan fingerprint density at radius 1 is 1.35 bits per heavy atom. The van der Waals surface area contributed by atoms with Crippen molar-refractivity contribution in [2.24, 2.45) is 4.99 Å². The average Bonchev–Trinajstić information content (AvgIpc) is 3.13. The largest absolute Gasteiger partial charge is 0.444 e. The van der Waals surface area contributed by atoms with Crippen LogP contribution in [0, 0.1) is 0 Å². The number of ether oxygens (including phenoxy) is 2. The second-order valence-corrected chi connectivity index (χ2v) is 8.48.